The number of anilines is 1. The van der Waals surface area contributed by atoms with E-state index in [1.165, 1.54) is 12.8 Å². The van der Waals surface area contributed by atoms with Gasteiger partial charge in [-0.05, 0) is 45.7 Å². The fourth-order valence-corrected chi connectivity index (χ4v) is 3.15. The molecule has 0 aromatic heterocycles. The molecule has 23 heavy (non-hydrogen) atoms. The number of para-hydroxylation sites is 1. The van der Waals surface area contributed by atoms with Crippen molar-refractivity contribution in [1.82, 2.24) is 4.90 Å². The Hall–Kier alpha value is -1.84. The summed E-state index contributed by atoms with van der Waals surface area (Å²) >= 11 is 0. The van der Waals surface area contributed by atoms with Crippen molar-refractivity contribution in [2.24, 2.45) is 5.41 Å². The topological polar surface area (TPSA) is 40.6 Å². The number of hydrogen-bond donors (Lipinski definition) is 0. The molecule has 1 heterocycles. The Bertz CT molecular complexity index is 532. The van der Waals surface area contributed by atoms with Crippen LogP contribution >= 0.6 is 0 Å². The van der Waals surface area contributed by atoms with Crippen molar-refractivity contribution in [3.63, 3.8) is 0 Å². The summed E-state index contributed by atoms with van der Waals surface area (Å²) in [5.41, 5.74) is -0.187. The highest BCUT2D eigenvalue weighted by molar-refractivity contribution is 6.11. The molecule has 1 aliphatic heterocycles. The van der Waals surface area contributed by atoms with Crippen LogP contribution in [0.3, 0.4) is 0 Å². The number of amides is 2. The van der Waals surface area contributed by atoms with Gasteiger partial charge in [0.25, 0.3) is 0 Å². The Morgan fingerprint density at radius 2 is 1.61 bits per heavy atom. The molecule has 0 bridgehead atoms. The molecule has 1 aromatic carbocycles. The van der Waals surface area contributed by atoms with E-state index in [4.69, 9.17) is 0 Å². The van der Waals surface area contributed by atoms with Gasteiger partial charge in [-0.15, -0.1) is 0 Å². The molecule has 0 spiro atoms. The molecule has 126 valence electrons. The molecule has 0 unspecified atom stereocenters. The number of carbonyl (C=O) groups excluding carboxylic acids is 2. The molecule has 4 heteroatoms. The molecule has 2 rings (SSSR count). The number of nitrogens with zero attached hydrogens (tertiary/aromatic N) is 2. The molecule has 0 saturated carbocycles. The number of hydrogen-bond acceptors (Lipinski definition) is 2. The van der Waals surface area contributed by atoms with Crippen LogP contribution in [0.15, 0.2) is 30.3 Å². The van der Waals surface area contributed by atoms with Gasteiger partial charge in [0.1, 0.15) is 5.41 Å². The van der Waals surface area contributed by atoms with E-state index in [1.54, 1.807) is 18.7 Å². The molecule has 1 aromatic rings. The maximum Gasteiger partial charge on any atom is 0.242 e. The van der Waals surface area contributed by atoms with E-state index >= 15 is 0 Å². The second-order valence-corrected chi connectivity index (χ2v) is 6.72. The Morgan fingerprint density at radius 1 is 1.04 bits per heavy atom. The van der Waals surface area contributed by atoms with Crippen molar-refractivity contribution in [2.75, 3.05) is 24.5 Å². The Kier molecular flexibility index (Phi) is 5.80. The SMILES string of the molecule is CCN(C(=O)C(C)(C)C(=O)N1CCCCCC1)c1ccccc1. The van der Waals surface area contributed by atoms with E-state index in [0.29, 0.717) is 6.54 Å². The van der Waals surface area contributed by atoms with Crippen molar-refractivity contribution in [2.45, 2.75) is 46.5 Å². The summed E-state index contributed by atoms with van der Waals surface area (Å²) < 4.78 is 0. The van der Waals surface area contributed by atoms with Crippen molar-refractivity contribution < 1.29 is 9.59 Å². The summed E-state index contributed by atoms with van der Waals surface area (Å²) in [7, 11) is 0. The maximum absolute atomic E-state index is 13.0. The predicted molar refractivity (Wildman–Crippen MR) is 93.3 cm³/mol. The smallest absolute Gasteiger partial charge is 0.242 e. The van der Waals surface area contributed by atoms with E-state index in [-0.39, 0.29) is 11.8 Å². The fourth-order valence-electron chi connectivity index (χ4n) is 3.15. The molecule has 0 aliphatic carbocycles. The van der Waals surface area contributed by atoms with Gasteiger partial charge < -0.3 is 9.80 Å². The summed E-state index contributed by atoms with van der Waals surface area (Å²) in [6.45, 7) is 7.55. The molecule has 2 amide bonds. The van der Waals surface area contributed by atoms with E-state index < -0.39 is 5.41 Å². The normalized spacial score (nSPS) is 15.9. The molecule has 0 N–H and O–H groups in total. The highest BCUT2D eigenvalue weighted by Crippen LogP contribution is 2.27. The van der Waals surface area contributed by atoms with E-state index in [0.717, 1.165) is 31.6 Å². The fraction of sp³-hybridized carbons (Fsp3) is 0.579. The first-order chi connectivity index (χ1) is 11.0. The van der Waals surface area contributed by atoms with Crippen molar-refractivity contribution in [1.29, 1.82) is 0 Å². The first kappa shape index (κ1) is 17.5. The van der Waals surface area contributed by atoms with Gasteiger partial charge in [0.05, 0.1) is 0 Å². The van der Waals surface area contributed by atoms with E-state index in [1.807, 2.05) is 42.2 Å². The third kappa shape index (κ3) is 3.92. The Balaban J connectivity index is 2.19. The van der Waals surface area contributed by atoms with Crippen molar-refractivity contribution in [3.8, 4) is 0 Å². The summed E-state index contributed by atoms with van der Waals surface area (Å²) in [4.78, 5) is 29.6. The zero-order valence-electron chi connectivity index (χ0n) is 14.5. The summed E-state index contributed by atoms with van der Waals surface area (Å²) in [6.07, 6.45) is 4.41. The third-order valence-corrected chi connectivity index (χ3v) is 4.59. The second kappa shape index (κ2) is 7.62. The molecule has 1 fully saturated rings. The predicted octanol–water partition coefficient (Wildman–Crippen LogP) is 3.47. The van der Waals surface area contributed by atoms with E-state index in [2.05, 4.69) is 0 Å². The van der Waals surface area contributed by atoms with Gasteiger partial charge in [-0.2, -0.15) is 0 Å². The third-order valence-electron chi connectivity index (χ3n) is 4.59. The Morgan fingerprint density at radius 3 is 2.13 bits per heavy atom. The van der Waals surface area contributed by atoms with Gasteiger partial charge in [0.15, 0.2) is 0 Å². The van der Waals surface area contributed by atoms with Crippen LogP contribution in [0.25, 0.3) is 0 Å². The van der Waals surface area contributed by atoms with E-state index in [9.17, 15) is 9.59 Å². The van der Waals surface area contributed by atoms with Gasteiger partial charge >= 0.3 is 0 Å². The van der Waals surface area contributed by atoms with Crippen LogP contribution in [-0.4, -0.2) is 36.3 Å². The molecule has 1 aliphatic rings. The largest absolute Gasteiger partial charge is 0.342 e. The first-order valence-electron chi connectivity index (χ1n) is 8.65. The zero-order chi connectivity index (χ0) is 16.9. The van der Waals surface area contributed by atoms with Crippen LogP contribution in [0.2, 0.25) is 0 Å². The van der Waals surface area contributed by atoms with Gasteiger partial charge in [-0.3, -0.25) is 9.59 Å². The maximum atomic E-state index is 13.0. The lowest BCUT2D eigenvalue weighted by molar-refractivity contribution is -0.147. The summed E-state index contributed by atoms with van der Waals surface area (Å²) in [6, 6.07) is 9.57. The number of benzene rings is 1. The Labute approximate surface area is 139 Å². The highest BCUT2D eigenvalue weighted by Gasteiger charge is 2.41. The van der Waals surface area contributed by atoms with Crippen LogP contribution < -0.4 is 4.90 Å². The van der Waals surface area contributed by atoms with Crippen LogP contribution in [0.5, 0.6) is 0 Å². The molecule has 1 saturated heterocycles. The average Bonchev–Trinajstić information content (AvgIpc) is 2.85. The van der Waals surface area contributed by atoms with Gasteiger partial charge in [0, 0.05) is 25.3 Å². The van der Waals surface area contributed by atoms with Crippen LogP contribution in [0, 0.1) is 5.41 Å². The second-order valence-electron chi connectivity index (χ2n) is 6.72. The first-order valence-corrected chi connectivity index (χ1v) is 8.65. The monoisotopic (exact) mass is 316 g/mol. The highest BCUT2D eigenvalue weighted by atomic mass is 16.2. The summed E-state index contributed by atoms with van der Waals surface area (Å²) in [5.74, 6) is -0.167. The van der Waals surface area contributed by atoms with Crippen molar-refractivity contribution >= 4 is 17.5 Å². The van der Waals surface area contributed by atoms with Crippen LogP contribution in [0.4, 0.5) is 5.69 Å². The average molecular weight is 316 g/mol. The molecule has 0 atom stereocenters. The molecular formula is C19H28N2O2. The summed E-state index contributed by atoms with van der Waals surface area (Å²) in [5, 5.41) is 0. The minimum absolute atomic E-state index is 0.0428. The van der Waals surface area contributed by atoms with Gasteiger partial charge in [-0.1, -0.05) is 31.0 Å². The number of likely N-dealkylation sites (tertiary alicyclic amines) is 1. The minimum atomic E-state index is -1.03. The standard InChI is InChI=1S/C19H28N2O2/c1-4-21(16-12-8-7-9-13-16)18(23)19(2,3)17(22)20-14-10-5-6-11-15-20/h7-9,12-13H,4-6,10-11,14-15H2,1-3H3. The molecular weight excluding hydrogens is 288 g/mol. The van der Waals surface area contributed by atoms with Crippen molar-refractivity contribution in [3.05, 3.63) is 30.3 Å². The van der Waals surface area contributed by atoms with Crippen LogP contribution in [0.1, 0.15) is 46.5 Å². The number of rotatable bonds is 4. The molecule has 0 radical (unpaired) electrons. The lowest BCUT2D eigenvalue weighted by Crippen LogP contribution is -2.51. The van der Waals surface area contributed by atoms with Gasteiger partial charge in [-0.25, -0.2) is 0 Å². The lowest BCUT2D eigenvalue weighted by Gasteiger charge is -2.34. The number of carbonyl (C=O) groups is 2. The molecule has 4 nitrogen and oxygen atoms in total. The van der Waals surface area contributed by atoms with Gasteiger partial charge in [0.2, 0.25) is 11.8 Å². The van der Waals surface area contributed by atoms with Crippen LogP contribution in [-0.2, 0) is 9.59 Å². The lowest BCUT2D eigenvalue weighted by atomic mass is 9.89. The quantitative estimate of drug-likeness (QED) is 0.798. The zero-order valence-corrected chi connectivity index (χ0v) is 14.5. The minimum Gasteiger partial charge on any atom is -0.342 e.